The van der Waals surface area contributed by atoms with Gasteiger partial charge in [0, 0.05) is 24.2 Å². The highest BCUT2D eigenvalue weighted by Crippen LogP contribution is 2.44. The zero-order valence-corrected chi connectivity index (χ0v) is 27.2. The van der Waals surface area contributed by atoms with Gasteiger partial charge >= 0.3 is 6.09 Å². The molecule has 1 fully saturated rings. The number of furan rings is 1. The Hall–Kier alpha value is -4.89. The lowest BCUT2D eigenvalue weighted by Crippen LogP contribution is -2.44. The Morgan fingerprint density at radius 3 is 2.19 bits per heavy atom. The van der Waals surface area contributed by atoms with Crippen molar-refractivity contribution in [3.8, 4) is 11.1 Å². The number of unbranched alkanes of at least 4 members (excludes halogenated alkanes) is 1. The number of nitrogens with two attached hydrogens (primary N) is 1. The van der Waals surface area contributed by atoms with Crippen molar-refractivity contribution in [2.45, 2.75) is 75.9 Å². The number of carbonyl (C=O) groups excluding carboxylic acids is 3. The van der Waals surface area contributed by atoms with Crippen molar-refractivity contribution in [2.75, 3.05) is 18.5 Å². The summed E-state index contributed by atoms with van der Waals surface area (Å²) in [5.74, 6) is -0.169. The minimum atomic E-state index is -0.792. The molecule has 48 heavy (non-hydrogen) atoms. The second-order valence-electron chi connectivity index (χ2n) is 12.7. The molecule has 1 heterocycles. The van der Waals surface area contributed by atoms with Gasteiger partial charge in [0.2, 0.25) is 5.91 Å². The number of nitrogens with zero attached hydrogens (tertiary/aromatic N) is 1. The Morgan fingerprint density at radius 1 is 0.854 bits per heavy atom. The molecule has 2 aliphatic rings. The van der Waals surface area contributed by atoms with E-state index in [0.29, 0.717) is 37.4 Å². The topological polar surface area (TPSA) is 127 Å². The highest BCUT2D eigenvalue weighted by molar-refractivity contribution is 5.96. The summed E-state index contributed by atoms with van der Waals surface area (Å²) in [4.78, 5) is 41.8. The number of alkyl carbamates (subject to hydrolysis) is 1. The van der Waals surface area contributed by atoms with Gasteiger partial charge in [0.1, 0.15) is 12.6 Å². The van der Waals surface area contributed by atoms with E-state index >= 15 is 0 Å². The largest absolute Gasteiger partial charge is 0.459 e. The first-order valence-electron chi connectivity index (χ1n) is 17.1. The van der Waals surface area contributed by atoms with E-state index in [2.05, 4.69) is 34.9 Å². The van der Waals surface area contributed by atoms with Crippen molar-refractivity contribution >= 4 is 23.6 Å². The average molecular weight is 649 g/mol. The third-order valence-electron chi connectivity index (χ3n) is 9.48. The number of amides is 3. The SMILES string of the molecule is NCCCCC(NC(=O)OCC1c2ccccc2-c2ccccc21)C(=O)Nc1ccc(CN(C(=O)c2ccco2)C2CCCCC2)cc1. The molecule has 1 unspecified atom stereocenters. The molecule has 0 radical (unpaired) electrons. The summed E-state index contributed by atoms with van der Waals surface area (Å²) >= 11 is 0. The molecule has 6 rings (SSSR count). The number of hydrogen-bond acceptors (Lipinski definition) is 6. The minimum absolute atomic E-state index is 0.0744. The van der Waals surface area contributed by atoms with Gasteiger partial charge in [-0.2, -0.15) is 0 Å². The van der Waals surface area contributed by atoms with Crippen molar-refractivity contribution in [1.82, 2.24) is 10.2 Å². The summed E-state index contributed by atoms with van der Waals surface area (Å²) in [5.41, 5.74) is 11.8. The Labute approximate surface area is 281 Å². The van der Waals surface area contributed by atoms with Gasteiger partial charge < -0.3 is 30.4 Å². The van der Waals surface area contributed by atoms with Crippen LogP contribution in [0, 0.1) is 0 Å². The number of fused-ring (bicyclic) bond motifs is 3. The first-order valence-corrected chi connectivity index (χ1v) is 17.1. The fourth-order valence-electron chi connectivity index (χ4n) is 6.96. The Morgan fingerprint density at radius 2 is 1.54 bits per heavy atom. The van der Waals surface area contributed by atoms with Crippen molar-refractivity contribution in [3.05, 3.63) is 114 Å². The van der Waals surface area contributed by atoms with E-state index in [1.807, 2.05) is 53.4 Å². The third-order valence-corrected chi connectivity index (χ3v) is 9.48. The molecule has 0 saturated heterocycles. The number of nitrogens with one attached hydrogen (secondary N) is 2. The molecule has 1 saturated carbocycles. The molecule has 250 valence electrons. The highest BCUT2D eigenvalue weighted by Gasteiger charge is 2.30. The number of rotatable bonds is 13. The normalized spacial score (nSPS) is 14.9. The first kappa shape index (κ1) is 33.0. The number of ether oxygens (including phenoxy) is 1. The van der Waals surface area contributed by atoms with Crippen LogP contribution in [-0.4, -0.2) is 48.0 Å². The second kappa shape index (κ2) is 15.8. The van der Waals surface area contributed by atoms with Crippen LogP contribution in [0.3, 0.4) is 0 Å². The fourth-order valence-corrected chi connectivity index (χ4v) is 6.96. The maximum absolute atomic E-state index is 13.4. The van der Waals surface area contributed by atoms with E-state index in [9.17, 15) is 14.4 Å². The lowest BCUT2D eigenvalue weighted by atomic mass is 9.93. The summed E-state index contributed by atoms with van der Waals surface area (Å²) in [6, 6.07) is 26.6. The quantitative estimate of drug-likeness (QED) is 0.131. The van der Waals surface area contributed by atoms with Crippen LogP contribution in [0.4, 0.5) is 10.5 Å². The number of anilines is 1. The molecule has 0 aliphatic heterocycles. The standard InChI is InChI=1S/C39H44N4O5/c40-23-9-8-17-35(42-39(46)48-26-34-32-15-6-4-13-30(32)31-14-5-7-16-33(31)34)37(44)41-28-21-19-27(20-22-28)25-43(29-11-2-1-3-12-29)38(45)36-18-10-24-47-36/h4-7,10,13-16,18-22,24,29,34-35H,1-3,8-9,11-12,17,23,25-26,40H2,(H,41,44)(H,42,46). The van der Waals surface area contributed by atoms with Crippen LogP contribution < -0.4 is 16.4 Å². The molecule has 2 aliphatic carbocycles. The van der Waals surface area contributed by atoms with Gasteiger partial charge in [0.15, 0.2) is 5.76 Å². The van der Waals surface area contributed by atoms with Gasteiger partial charge in [0.25, 0.3) is 5.91 Å². The lowest BCUT2D eigenvalue weighted by molar-refractivity contribution is -0.118. The smallest absolute Gasteiger partial charge is 0.407 e. The molecular formula is C39H44N4O5. The lowest BCUT2D eigenvalue weighted by Gasteiger charge is -2.34. The number of carbonyl (C=O) groups is 3. The zero-order chi connectivity index (χ0) is 33.3. The van der Waals surface area contributed by atoms with Crippen LogP contribution in [0.2, 0.25) is 0 Å². The number of hydrogen-bond donors (Lipinski definition) is 3. The fraction of sp³-hybridized carbons (Fsp3) is 0.359. The first-order chi connectivity index (χ1) is 23.5. The van der Waals surface area contributed by atoms with Gasteiger partial charge in [-0.15, -0.1) is 0 Å². The van der Waals surface area contributed by atoms with Gasteiger partial charge in [-0.05, 0) is 90.7 Å². The Bertz CT molecular complexity index is 1640. The van der Waals surface area contributed by atoms with E-state index in [1.54, 1.807) is 12.1 Å². The van der Waals surface area contributed by atoms with Crippen LogP contribution in [0.1, 0.15) is 84.5 Å². The molecule has 9 heteroatoms. The van der Waals surface area contributed by atoms with E-state index in [-0.39, 0.29) is 30.4 Å². The molecule has 3 amide bonds. The minimum Gasteiger partial charge on any atom is -0.459 e. The van der Waals surface area contributed by atoms with E-state index in [0.717, 1.165) is 59.9 Å². The predicted octanol–water partition coefficient (Wildman–Crippen LogP) is 7.23. The summed E-state index contributed by atoms with van der Waals surface area (Å²) in [7, 11) is 0. The molecule has 0 spiro atoms. The van der Waals surface area contributed by atoms with Crippen LogP contribution in [0.25, 0.3) is 11.1 Å². The van der Waals surface area contributed by atoms with Crippen molar-refractivity contribution in [1.29, 1.82) is 0 Å². The van der Waals surface area contributed by atoms with Crippen LogP contribution in [0.5, 0.6) is 0 Å². The van der Waals surface area contributed by atoms with Crippen molar-refractivity contribution in [3.63, 3.8) is 0 Å². The Balaban J connectivity index is 1.08. The second-order valence-corrected chi connectivity index (χ2v) is 12.7. The Kier molecular flexibility index (Phi) is 10.9. The maximum atomic E-state index is 13.4. The zero-order valence-electron chi connectivity index (χ0n) is 27.2. The van der Waals surface area contributed by atoms with Gasteiger partial charge in [-0.1, -0.05) is 79.9 Å². The average Bonchev–Trinajstić information content (AvgIpc) is 3.77. The molecule has 1 atom stereocenters. The molecule has 4 aromatic rings. The van der Waals surface area contributed by atoms with Gasteiger partial charge in [-0.3, -0.25) is 9.59 Å². The van der Waals surface area contributed by atoms with Crippen molar-refractivity contribution < 1.29 is 23.5 Å². The summed E-state index contributed by atoms with van der Waals surface area (Å²) in [6.45, 7) is 1.11. The van der Waals surface area contributed by atoms with Gasteiger partial charge in [0.05, 0.1) is 6.26 Å². The van der Waals surface area contributed by atoms with E-state index in [1.165, 1.54) is 12.7 Å². The molecule has 9 nitrogen and oxygen atoms in total. The molecule has 4 N–H and O–H groups in total. The molecule has 1 aromatic heterocycles. The third kappa shape index (κ3) is 7.80. The van der Waals surface area contributed by atoms with Gasteiger partial charge in [-0.25, -0.2) is 4.79 Å². The van der Waals surface area contributed by atoms with Crippen LogP contribution in [0.15, 0.2) is 95.6 Å². The predicted molar refractivity (Wildman–Crippen MR) is 185 cm³/mol. The van der Waals surface area contributed by atoms with E-state index in [4.69, 9.17) is 14.9 Å². The number of benzene rings is 3. The van der Waals surface area contributed by atoms with Crippen molar-refractivity contribution in [2.24, 2.45) is 5.73 Å². The molecule has 3 aromatic carbocycles. The molecule has 0 bridgehead atoms. The molecular weight excluding hydrogens is 604 g/mol. The van der Waals surface area contributed by atoms with Crippen LogP contribution >= 0.6 is 0 Å². The maximum Gasteiger partial charge on any atom is 0.407 e. The monoisotopic (exact) mass is 648 g/mol. The van der Waals surface area contributed by atoms with Crippen LogP contribution in [-0.2, 0) is 16.1 Å². The summed E-state index contributed by atoms with van der Waals surface area (Å²) in [5, 5.41) is 5.75. The van der Waals surface area contributed by atoms with E-state index < -0.39 is 12.1 Å². The summed E-state index contributed by atoms with van der Waals surface area (Å²) in [6.07, 6.45) is 8.08. The highest BCUT2D eigenvalue weighted by atomic mass is 16.5. The summed E-state index contributed by atoms with van der Waals surface area (Å²) < 4.78 is 11.2.